The van der Waals surface area contributed by atoms with Crippen molar-refractivity contribution in [2.24, 2.45) is 0 Å². The van der Waals surface area contributed by atoms with Crippen LogP contribution in [0.5, 0.6) is 17.2 Å². The lowest BCUT2D eigenvalue weighted by Crippen LogP contribution is -2.28. The van der Waals surface area contributed by atoms with E-state index in [1.54, 1.807) is 39.5 Å². The van der Waals surface area contributed by atoms with Gasteiger partial charge in [0.2, 0.25) is 5.91 Å². The average molecular weight is 367 g/mol. The van der Waals surface area contributed by atoms with Crippen molar-refractivity contribution in [3.05, 3.63) is 59.7 Å². The fraction of sp³-hybridized carbons (Fsp3) is 0.318. The van der Waals surface area contributed by atoms with E-state index in [9.17, 15) is 4.79 Å². The van der Waals surface area contributed by atoms with E-state index in [0.717, 1.165) is 42.0 Å². The summed E-state index contributed by atoms with van der Waals surface area (Å²) in [6.45, 7) is 0.764. The number of carbonyl (C=O) groups excluding carboxylic acids is 1. The van der Waals surface area contributed by atoms with E-state index in [1.165, 1.54) is 0 Å². The van der Waals surface area contributed by atoms with Crippen LogP contribution in [0, 0.1) is 0 Å². The highest BCUT2D eigenvalue weighted by atomic mass is 16.5. The Kier molecular flexibility index (Phi) is 6.01. The van der Waals surface area contributed by atoms with Gasteiger partial charge >= 0.3 is 0 Å². The molecule has 142 valence electrons. The molecule has 1 heterocycles. The predicted molar refractivity (Wildman–Crippen MR) is 105 cm³/mol. The van der Waals surface area contributed by atoms with Crippen molar-refractivity contribution in [1.82, 2.24) is 4.90 Å². The SMILES string of the molecule is COc1ccc(C2CCCN2C(=O)/C=C/c2ccc(OC)cc2OC)cc1. The van der Waals surface area contributed by atoms with Crippen molar-refractivity contribution < 1.29 is 19.0 Å². The van der Waals surface area contributed by atoms with Gasteiger partial charge in [0.1, 0.15) is 17.2 Å². The Hall–Kier alpha value is -2.95. The fourth-order valence-corrected chi connectivity index (χ4v) is 3.42. The lowest BCUT2D eigenvalue weighted by Gasteiger charge is -2.24. The summed E-state index contributed by atoms with van der Waals surface area (Å²) in [5, 5.41) is 0. The molecule has 0 N–H and O–H groups in total. The number of likely N-dealkylation sites (tertiary alicyclic amines) is 1. The molecule has 1 amide bonds. The highest BCUT2D eigenvalue weighted by Crippen LogP contribution is 2.33. The van der Waals surface area contributed by atoms with Crippen molar-refractivity contribution in [2.45, 2.75) is 18.9 Å². The zero-order valence-electron chi connectivity index (χ0n) is 16.0. The van der Waals surface area contributed by atoms with E-state index in [0.29, 0.717) is 5.75 Å². The largest absolute Gasteiger partial charge is 0.497 e. The quantitative estimate of drug-likeness (QED) is 0.722. The number of benzene rings is 2. The summed E-state index contributed by atoms with van der Waals surface area (Å²) in [4.78, 5) is 14.7. The average Bonchev–Trinajstić information content (AvgIpc) is 3.22. The second-order valence-electron chi connectivity index (χ2n) is 6.40. The van der Waals surface area contributed by atoms with Crippen LogP contribution in [0.15, 0.2) is 48.5 Å². The summed E-state index contributed by atoms with van der Waals surface area (Å²) in [6.07, 6.45) is 5.38. The summed E-state index contributed by atoms with van der Waals surface area (Å²) in [7, 11) is 4.87. The molecular weight excluding hydrogens is 342 g/mol. The Labute approximate surface area is 160 Å². The smallest absolute Gasteiger partial charge is 0.247 e. The van der Waals surface area contributed by atoms with E-state index >= 15 is 0 Å². The molecule has 3 rings (SSSR count). The monoisotopic (exact) mass is 367 g/mol. The fourth-order valence-electron chi connectivity index (χ4n) is 3.42. The summed E-state index contributed by atoms with van der Waals surface area (Å²) in [5.74, 6) is 2.22. The second kappa shape index (κ2) is 8.62. The molecule has 5 heteroatoms. The maximum Gasteiger partial charge on any atom is 0.247 e. The van der Waals surface area contributed by atoms with Gasteiger partial charge in [-0.2, -0.15) is 0 Å². The molecule has 1 fully saturated rings. The zero-order chi connectivity index (χ0) is 19.2. The Balaban J connectivity index is 1.75. The maximum absolute atomic E-state index is 12.8. The van der Waals surface area contributed by atoms with Crippen molar-refractivity contribution in [3.8, 4) is 17.2 Å². The van der Waals surface area contributed by atoms with Crippen LogP contribution < -0.4 is 14.2 Å². The third-order valence-electron chi connectivity index (χ3n) is 4.88. The van der Waals surface area contributed by atoms with Crippen LogP contribution in [-0.4, -0.2) is 38.7 Å². The number of amides is 1. The molecule has 5 nitrogen and oxygen atoms in total. The first-order chi connectivity index (χ1) is 13.2. The van der Waals surface area contributed by atoms with Crippen LogP contribution in [0.25, 0.3) is 6.08 Å². The first-order valence-electron chi connectivity index (χ1n) is 9.01. The molecular formula is C22H25NO4. The van der Waals surface area contributed by atoms with E-state index in [-0.39, 0.29) is 11.9 Å². The summed E-state index contributed by atoms with van der Waals surface area (Å²) >= 11 is 0. The molecule has 1 aliphatic rings. The first kappa shape index (κ1) is 18.8. The zero-order valence-corrected chi connectivity index (χ0v) is 16.0. The number of rotatable bonds is 6. The summed E-state index contributed by atoms with van der Waals surface area (Å²) < 4.78 is 15.8. The number of carbonyl (C=O) groups is 1. The third kappa shape index (κ3) is 4.25. The van der Waals surface area contributed by atoms with E-state index in [1.807, 2.05) is 41.3 Å². The van der Waals surface area contributed by atoms with Crippen molar-refractivity contribution in [2.75, 3.05) is 27.9 Å². The van der Waals surface area contributed by atoms with E-state index in [4.69, 9.17) is 14.2 Å². The molecule has 0 aromatic heterocycles. The normalized spacial score (nSPS) is 16.6. The molecule has 0 spiro atoms. The maximum atomic E-state index is 12.8. The van der Waals surface area contributed by atoms with Gasteiger partial charge in [-0.3, -0.25) is 4.79 Å². The molecule has 2 aromatic carbocycles. The van der Waals surface area contributed by atoms with Crippen molar-refractivity contribution in [1.29, 1.82) is 0 Å². The minimum absolute atomic E-state index is 0.00573. The van der Waals surface area contributed by atoms with Crippen molar-refractivity contribution in [3.63, 3.8) is 0 Å². The molecule has 0 radical (unpaired) electrons. The number of methoxy groups -OCH3 is 3. The molecule has 27 heavy (non-hydrogen) atoms. The van der Waals surface area contributed by atoms with Gasteiger partial charge in [-0.05, 0) is 48.7 Å². The van der Waals surface area contributed by atoms with Crippen LogP contribution >= 0.6 is 0 Å². The lowest BCUT2D eigenvalue weighted by atomic mass is 10.0. The van der Waals surface area contributed by atoms with Gasteiger partial charge in [0.25, 0.3) is 0 Å². The third-order valence-corrected chi connectivity index (χ3v) is 4.88. The number of ether oxygens (including phenoxy) is 3. The summed E-state index contributed by atoms with van der Waals surface area (Å²) in [5.41, 5.74) is 1.98. The van der Waals surface area contributed by atoms with Gasteiger partial charge in [0.05, 0.1) is 27.4 Å². The minimum atomic E-state index is 0.00573. The topological polar surface area (TPSA) is 48.0 Å². The Bertz CT molecular complexity index is 814. The second-order valence-corrected chi connectivity index (χ2v) is 6.40. The number of hydrogen-bond donors (Lipinski definition) is 0. The molecule has 1 unspecified atom stereocenters. The molecule has 1 atom stereocenters. The van der Waals surface area contributed by atoms with Crippen molar-refractivity contribution >= 4 is 12.0 Å². The summed E-state index contributed by atoms with van der Waals surface area (Å²) in [6, 6.07) is 13.6. The highest BCUT2D eigenvalue weighted by Gasteiger charge is 2.28. The molecule has 2 aromatic rings. The lowest BCUT2D eigenvalue weighted by molar-refractivity contribution is -0.126. The van der Waals surface area contributed by atoms with Crippen LogP contribution in [0.1, 0.15) is 30.0 Å². The van der Waals surface area contributed by atoms with E-state index < -0.39 is 0 Å². The van der Waals surface area contributed by atoms with Crippen LogP contribution in [0.2, 0.25) is 0 Å². The minimum Gasteiger partial charge on any atom is -0.497 e. The molecule has 0 saturated carbocycles. The number of nitrogens with zero attached hydrogens (tertiary/aromatic N) is 1. The van der Waals surface area contributed by atoms with Crippen LogP contribution in [0.4, 0.5) is 0 Å². The Morgan fingerprint density at radius 3 is 2.37 bits per heavy atom. The Morgan fingerprint density at radius 1 is 1.00 bits per heavy atom. The standard InChI is InChI=1S/C22H25NO4/c1-25-18-10-6-16(7-11-18)20-5-4-14-23(20)22(24)13-9-17-8-12-19(26-2)15-21(17)27-3/h6-13,15,20H,4-5,14H2,1-3H3/b13-9+. The molecule has 0 aliphatic carbocycles. The van der Waals surface area contributed by atoms with Gasteiger partial charge in [-0.1, -0.05) is 12.1 Å². The van der Waals surface area contributed by atoms with Gasteiger partial charge < -0.3 is 19.1 Å². The molecule has 0 bridgehead atoms. The van der Waals surface area contributed by atoms with Gasteiger partial charge in [-0.25, -0.2) is 0 Å². The molecule has 1 aliphatic heterocycles. The predicted octanol–water partition coefficient (Wildman–Crippen LogP) is 4.09. The van der Waals surface area contributed by atoms with Gasteiger partial charge in [0, 0.05) is 24.3 Å². The Morgan fingerprint density at radius 2 is 1.70 bits per heavy atom. The van der Waals surface area contributed by atoms with Gasteiger partial charge in [-0.15, -0.1) is 0 Å². The number of hydrogen-bond acceptors (Lipinski definition) is 4. The molecule has 1 saturated heterocycles. The van der Waals surface area contributed by atoms with Crippen LogP contribution in [0.3, 0.4) is 0 Å². The highest BCUT2D eigenvalue weighted by molar-refractivity contribution is 5.92. The van der Waals surface area contributed by atoms with E-state index in [2.05, 4.69) is 0 Å². The van der Waals surface area contributed by atoms with Gasteiger partial charge in [0.15, 0.2) is 0 Å². The first-order valence-corrected chi connectivity index (χ1v) is 9.01. The van der Waals surface area contributed by atoms with Crippen LogP contribution in [-0.2, 0) is 4.79 Å².